The fraction of sp³-hybridized carbons (Fsp3) is 0.484. The van der Waals surface area contributed by atoms with Crippen LogP contribution in [0.2, 0.25) is 0 Å². The summed E-state index contributed by atoms with van der Waals surface area (Å²) in [5.41, 5.74) is 0.808. The summed E-state index contributed by atoms with van der Waals surface area (Å²) in [6, 6.07) is 13.4. The number of hydrogen-bond donors (Lipinski definition) is 4. The number of anilines is 1. The van der Waals surface area contributed by atoms with Gasteiger partial charge in [-0.15, -0.1) is 0 Å². The van der Waals surface area contributed by atoms with E-state index in [0.29, 0.717) is 30.2 Å². The average molecular weight is 593 g/mol. The number of likely N-dealkylation sites (tertiary alicyclic amines) is 1. The van der Waals surface area contributed by atoms with Crippen molar-refractivity contribution >= 4 is 45.9 Å². The molecule has 0 saturated carbocycles. The smallest absolute Gasteiger partial charge is 0.264 e. The molecule has 1 unspecified atom stereocenters. The Morgan fingerprint density at radius 1 is 1.12 bits per heavy atom. The Bertz CT molecular complexity index is 1400. The molecule has 11 heteroatoms. The molecule has 224 valence electrons. The van der Waals surface area contributed by atoms with E-state index in [4.69, 9.17) is 0 Å². The summed E-state index contributed by atoms with van der Waals surface area (Å²) in [6.07, 6.45) is 2.46. The molecule has 4 N–H and O–H groups in total. The maximum absolute atomic E-state index is 13.2. The highest BCUT2D eigenvalue weighted by Gasteiger charge is 2.39. The Hall–Kier alpha value is -3.59. The Balaban J connectivity index is 1.38. The predicted molar refractivity (Wildman–Crippen MR) is 166 cm³/mol. The second-order valence-electron chi connectivity index (χ2n) is 11.4. The molecule has 2 aliphatic rings. The molecule has 2 aromatic carbocycles. The number of fused-ring (bicyclic) bond motifs is 1. The van der Waals surface area contributed by atoms with Gasteiger partial charge in [0, 0.05) is 56.0 Å². The van der Waals surface area contributed by atoms with Gasteiger partial charge in [0.15, 0.2) is 0 Å². The van der Waals surface area contributed by atoms with Crippen LogP contribution < -0.4 is 16.0 Å². The number of benzene rings is 2. The number of thioether (sulfide) groups is 1. The van der Waals surface area contributed by atoms with E-state index in [1.165, 1.54) is 29.5 Å². The highest BCUT2D eigenvalue weighted by molar-refractivity contribution is 8.04. The lowest BCUT2D eigenvalue weighted by atomic mass is 9.95. The summed E-state index contributed by atoms with van der Waals surface area (Å²) >= 11 is 1.21. The lowest BCUT2D eigenvalue weighted by Crippen LogP contribution is -2.37. The summed E-state index contributed by atoms with van der Waals surface area (Å²) < 4.78 is 0. The van der Waals surface area contributed by atoms with E-state index in [0.717, 1.165) is 36.1 Å². The summed E-state index contributed by atoms with van der Waals surface area (Å²) in [7, 11) is 0. The highest BCUT2D eigenvalue weighted by Crippen LogP contribution is 2.37. The maximum Gasteiger partial charge on any atom is 0.264 e. The summed E-state index contributed by atoms with van der Waals surface area (Å²) in [5.74, 6) is -0.806. The Kier molecular flexibility index (Phi) is 10.5. The summed E-state index contributed by atoms with van der Waals surface area (Å²) in [5, 5.41) is 30.0. The van der Waals surface area contributed by atoms with E-state index in [-0.39, 0.29) is 30.5 Å². The zero-order valence-electron chi connectivity index (χ0n) is 24.5. The van der Waals surface area contributed by atoms with E-state index in [1.807, 2.05) is 49.4 Å². The molecule has 4 rings (SSSR count). The Morgan fingerprint density at radius 2 is 1.83 bits per heavy atom. The van der Waals surface area contributed by atoms with E-state index >= 15 is 0 Å². The fourth-order valence-electron chi connectivity index (χ4n) is 4.95. The van der Waals surface area contributed by atoms with Crippen molar-refractivity contribution in [2.45, 2.75) is 38.9 Å². The third kappa shape index (κ3) is 7.62. The minimum atomic E-state index is -0.560. The monoisotopic (exact) mass is 592 g/mol. The van der Waals surface area contributed by atoms with Crippen molar-refractivity contribution < 1.29 is 19.5 Å². The SMILES string of the molecule is CCN1C(=O)C(CNc2ccc3cc(C(=O)NCCN4CCCC4)ccc3c2)S/C1=C(/C#N)C(=O)NCC(C)(C)CO. The molecular weight excluding hydrogens is 552 g/mol. The third-order valence-corrected chi connectivity index (χ3v) is 8.87. The van der Waals surface area contributed by atoms with E-state index in [1.54, 1.807) is 13.8 Å². The summed E-state index contributed by atoms with van der Waals surface area (Å²) in [4.78, 5) is 42.5. The largest absolute Gasteiger partial charge is 0.396 e. The van der Waals surface area contributed by atoms with Gasteiger partial charge in [0.1, 0.15) is 21.9 Å². The second-order valence-corrected chi connectivity index (χ2v) is 12.6. The van der Waals surface area contributed by atoms with Gasteiger partial charge in [-0.25, -0.2) is 0 Å². The van der Waals surface area contributed by atoms with Crippen LogP contribution in [0.25, 0.3) is 10.8 Å². The zero-order valence-corrected chi connectivity index (χ0v) is 25.4. The molecule has 42 heavy (non-hydrogen) atoms. The molecule has 2 aliphatic heterocycles. The molecule has 0 bridgehead atoms. The number of hydrogen-bond acceptors (Lipinski definition) is 8. The van der Waals surface area contributed by atoms with Crippen molar-refractivity contribution in [2.24, 2.45) is 5.41 Å². The molecule has 10 nitrogen and oxygen atoms in total. The van der Waals surface area contributed by atoms with Crippen LogP contribution in [0.1, 0.15) is 44.0 Å². The standard InChI is InChI=1S/C31H40N6O4S/c1-4-37-29(41)26(42-30(37)25(17-32)28(40)35-19-31(2,3)20-38)18-34-24-10-9-21-15-23(8-7-22(21)16-24)27(39)33-11-14-36-12-5-6-13-36/h7-10,15-16,26,34,38H,4-6,11-14,18-20H2,1-3H3,(H,33,39)(H,35,40)/b30-25-. The van der Waals surface area contributed by atoms with Crippen LogP contribution in [-0.4, -0.2) is 90.3 Å². The molecule has 2 heterocycles. The number of rotatable bonds is 12. The minimum Gasteiger partial charge on any atom is -0.396 e. The van der Waals surface area contributed by atoms with Crippen molar-refractivity contribution in [1.82, 2.24) is 20.4 Å². The molecule has 2 saturated heterocycles. The fourth-order valence-corrected chi connectivity index (χ4v) is 6.21. The lowest BCUT2D eigenvalue weighted by molar-refractivity contribution is -0.127. The minimum absolute atomic E-state index is 0.0815. The first-order chi connectivity index (χ1) is 20.2. The molecule has 2 fully saturated rings. The number of carbonyl (C=O) groups excluding carboxylic acids is 3. The van der Waals surface area contributed by atoms with Crippen molar-refractivity contribution in [2.75, 3.05) is 57.7 Å². The van der Waals surface area contributed by atoms with Crippen LogP contribution in [0.4, 0.5) is 5.69 Å². The molecule has 1 atom stereocenters. The predicted octanol–water partition coefficient (Wildman–Crippen LogP) is 2.91. The van der Waals surface area contributed by atoms with E-state index in [9.17, 15) is 24.8 Å². The summed E-state index contributed by atoms with van der Waals surface area (Å²) in [6.45, 7) is 9.86. The van der Waals surface area contributed by atoms with Gasteiger partial charge >= 0.3 is 0 Å². The first kappa shape index (κ1) is 31.3. The third-order valence-electron chi connectivity index (χ3n) is 7.57. The second kappa shape index (κ2) is 14.1. The average Bonchev–Trinajstić information content (AvgIpc) is 3.62. The molecule has 3 amide bonds. The van der Waals surface area contributed by atoms with E-state index in [2.05, 4.69) is 20.9 Å². The van der Waals surface area contributed by atoms with Crippen LogP contribution in [-0.2, 0) is 9.59 Å². The van der Waals surface area contributed by atoms with Crippen molar-refractivity contribution in [3.05, 3.63) is 52.6 Å². The number of nitrogens with one attached hydrogen (secondary N) is 3. The first-order valence-corrected chi connectivity index (χ1v) is 15.3. The highest BCUT2D eigenvalue weighted by atomic mass is 32.2. The van der Waals surface area contributed by atoms with Gasteiger partial charge < -0.3 is 30.9 Å². The van der Waals surface area contributed by atoms with Gasteiger partial charge in [-0.05, 0) is 67.9 Å². The normalized spacial score (nSPS) is 18.7. The molecule has 0 aliphatic carbocycles. The van der Waals surface area contributed by atoms with Crippen LogP contribution >= 0.6 is 11.8 Å². The number of amides is 3. The molecule has 0 spiro atoms. The lowest BCUT2D eigenvalue weighted by Gasteiger charge is -2.22. The van der Waals surface area contributed by atoms with Gasteiger partial charge in [-0.1, -0.05) is 37.7 Å². The topological polar surface area (TPSA) is 138 Å². The van der Waals surface area contributed by atoms with E-state index < -0.39 is 16.6 Å². The number of carbonyl (C=O) groups is 3. The molecular formula is C31H40N6O4S. The van der Waals surface area contributed by atoms with Crippen molar-refractivity contribution in [3.63, 3.8) is 0 Å². The van der Waals surface area contributed by atoms with Gasteiger partial charge in [-0.2, -0.15) is 5.26 Å². The van der Waals surface area contributed by atoms with Gasteiger partial charge in [0.2, 0.25) is 5.91 Å². The zero-order chi connectivity index (χ0) is 30.3. The quantitative estimate of drug-likeness (QED) is 0.218. The number of nitriles is 1. The van der Waals surface area contributed by atoms with Gasteiger partial charge in [0.25, 0.3) is 11.8 Å². The maximum atomic E-state index is 13.2. The molecule has 0 aromatic heterocycles. The Labute approximate surface area is 251 Å². The van der Waals surface area contributed by atoms with Crippen LogP contribution in [0.3, 0.4) is 0 Å². The van der Waals surface area contributed by atoms with Gasteiger partial charge in [-0.3, -0.25) is 14.4 Å². The Morgan fingerprint density at radius 3 is 2.52 bits per heavy atom. The first-order valence-electron chi connectivity index (χ1n) is 14.5. The molecule has 2 aromatic rings. The number of aliphatic hydroxyl groups excluding tert-OH is 1. The van der Waals surface area contributed by atoms with Crippen molar-refractivity contribution in [3.8, 4) is 6.07 Å². The van der Waals surface area contributed by atoms with Crippen LogP contribution in [0.5, 0.6) is 0 Å². The number of nitrogens with zero attached hydrogens (tertiary/aromatic N) is 3. The van der Waals surface area contributed by atoms with Crippen LogP contribution in [0.15, 0.2) is 47.0 Å². The van der Waals surface area contributed by atoms with Crippen molar-refractivity contribution in [1.29, 1.82) is 5.26 Å². The molecule has 0 radical (unpaired) electrons. The van der Waals surface area contributed by atoms with Gasteiger partial charge in [0.05, 0.1) is 0 Å². The number of aliphatic hydroxyl groups is 1. The van der Waals surface area contributed by atoms with Crippen LogP contribution in [0, 0.1) is 16.7 Å².